The van der Waals surface area contributed by atoms with Crippen LogP contribution in [0.25, 0.3) is 37.9 Å². The number of carbonyl (C=O) groups excluding carboxylic acids is 1. The van der Waals surface area contributed by atoms with Crippen molar-refractivity contribution in [1.82, 2.24) is 4.98 Å². The summed E-state index contributed by atoms with van der Waals surface area (Å²) in [5, 5.41) is 4.40. The number of hydrogen-bond acceptors (Lipinski definition) is 6. The van der Waals surface area contributed by atoms with Crippen LogP contribution in [0, 0.1) is 6.92 Å². The third kappa shape index (κ3) is 4.70. The predicted octanol–water partition coefficient (Wildman–Crippen LogP) is 7.47. The van der Waals surface area contributed by atoms with Gasteiger partial charge >= 0.3 is 0 Å². The van der Waals surface area contributed by atoms with E-state index in [-0.39, 0.29) is 5.91 Å². The number of nitrogens with zero attached hydrogens (tertiary/aromatic N) is 1. The molecule has 0 bridgehead atoms. The Balaban J connectivity index is 1.49. The minimum absolute atomic E-state index is 0.244. The number of anilines is 1. The molecule has 3 aromatic carbocycles. The molecule has 36 heavy (non-hydrogen) atoms. The molecule has 0 fully saturated rings. The normalized spacial score (nSPS) is 11.7. The van der Waals surface area contributed by atoms with Gasteiger partial charge in [-0.05, 0) is 67.8 Å². The second-order valence-corrected chi connectivity index (χ2v) is 9.50. The van der Waals surface area contributed by atoms with Gasteiger partial charge in [0.25, 0.3) is 0 Å². The van der Waals surface area contributed by atoms with E-state index in [9.17, 15) is 4.79 Å². The SMILES string of the molecule is CCOc1cc2occ(-c3cccc(OC)c3)c2cc1/C(C)=C/C(=O)Nc1nc2ccc(C)cc2s1. The number of fused-ring (bicyclic) bond motifs is 2. The number of rotatable bonds is 7. The molecule has 2 heterocycles. The number of methoxy groups -OCH3 is 1. The number of furan rings is 1. The summed E-state index contributed by atoms with van der Waals surface area (Å²) in [5.74, 6) is 1.19. The molecule has 1 N–H and O–H groups in total. The molecule has 0 aliphatic heterocycles. The molecule has 2 aromatic heterocycles. The topological polar surface area (TPSA) is 73.6 Å². The lowest BCUT2D eigenvalue weighted by atomic mass is 9.99. The lowest BCUT2D eigenvalue weighted by Gasteiger charge is -2.12. The van der Waals surface area contributed by atoms with Crippen LogP contribution >= 0.6 is 11.3 Å². The molecule has 5 aromatic rings. The largest absolute Gasteiger partial charge is 0.497 e. The maximum absolute atomic E-state index is 12.9. The molecule has 0 aliphatic rings. The quantitative estimate of drug-likeness (QED) is 0.236. The van der Waals surface area contributed by atoms with Gasteiger partial charge in [0.05, 0.1) is 30.2 Å². The number of hydrogen-bond donors (Lipinski definition) is 1. The van der Waals surface area contributed by atoms with Crippen LogP contribution in [-0.2, 0) is 4.79 Å². The standard InChI is InChI=1S/C29H26N2O4S/c1-5-34-25-15-26-22(23(16-35-26)19-7-6-8-20(13-19)33-4)14-21(25)18(3)12-28(32)31-29-30-24-10-9-17(2)11-27(24)36-29/h6-16H,5H2,1-4H3,(H,30,31,32)/b18-12+. The van der Waals surface area contributed by atoms with Crippen LogP contribution in [0.15, 0.2) is 71.4 Å². The van der Waals surface area contributed by atoms with Gasteiger partial charge in [-0.15, -0.1) is 0 Å². The van der Waals surface area contributed by atoms with Gasteiger partial charge in [-0.3, -0.25) is 10.1 Å². The van der Waals surface area contributed by atoms with Crippen molar-refractivity contribution in [2.24, 2.45) is 0 Å². The van der Waals surface area contributed by atoms with Crippen LogP contribution in [0.4, 0.5) is 5.13 Å². The van der Waals surface area contributed by atoms with Crippen molar-refractivity contribution < 1.29 is 18.7 Å². The molecular formula is C29H26N2O4S. The van der Waals surface area contributed by atoms with Crippen molar-refractivity contribution in [2.75, 3.05) is 19.0 Å². The van der Waals surface area contributed by atoms with Crippen molar-refractivity contribution in [3.05, 3.63) is 78.1 Å². The Bertz CT molecular complexity index is 1610. The van der Waals surface area contributed by atoms with Gasteiger partial charge in [0.15, 0.2) is 5.13 Å². The van der Waals surface area contributed by atoms with E-state index in [2.05, 4.69) is 16.4 Å². The van der Waals surface area contributed by atoms with Crippen LogP contribution in [0.3, 0.4) is 0 Å². The molecule has 0 atom stereocenters. The lowest BCUT2D eigenvalue weighted by Crippen LogP contribution is -2.08. The summed E-state index contributed by atoms with van der Waals surface area (Å²) in [6.45, 7) is 6.36. The van der Waals surface area contributed by atoms with E-state index < -0.39 is 0 Å². The summed E-state index contributed by atoms with van der Waals surface area (Å²) in [4.78, 5) is 17.4. The fourth-order valence-corrected chi connectivity index (χ4v) is 5.12. The van der Waals surface area contributed by atoms with Crippen LogP contribution in [0.2, 0.25) is 0 Å². The third-order valence-corrected chi connectivity index (χ3v) is 6.84. The van der Waals surface area contributed by atoms with Crippen LogP contribution in [0.5, 0.6) is 11.5 Å². The number of aromatic nitrogens is 1. The van der Waals surface area contributed by atoms with Gasteiger partial charge in [0, 0.05) is 28.7 Å². The number of carbonyl (C=O) groups is 1. The van der Waals surface area contributed by atoms with Gasteiger partial charge in [0.2, 0.25) is 5.91 Å². The highest BCUT2D eigenvalue weighted by atomic mass is 32.1. The molecule has 0 spiro atoms. The highest BCUT2D eigenvalue weighted by Gasteiger charge is 2.16. The minimum atomic E-state index is -0.244. The Kier molecular flexibility index (Phi) is 6.48. The Morgan fingerprint density at radius 2 is 2.03 bits per heavy atom. The second-order valence-electron chi connectivity index (χ2n) is 8.47. The first kappa shape index (κ1) is 23.6. The zero-order chi connectivity index (χ0) is 25.2. The van der Waals surface area contributed by atoms with Crippen LogP contribution in [0.1, 0.15) is 25.0 Å². The number of allylic oxidation sites excluding steroid dienone is 1. The summed E-state index contributed by atoms with van der Waals surface area (Å²) in [6, 6.07) is 17.8. The molecule has 1 amide bonds. The molecule has 0 unspecified atom stereocenters. The average Bonchev–Trinajstić information content (AvgIpc) is 3.46. The monoisotopic (exact) mass is 498 g/mol. The molecule has 182 valence electrons. The van der Waals surface area contributed by atoms with E-state index in [1.165, 1.54) is 11.3 Å². The summed E-state index contributed by atoms with van der Waals surface area (Å²) >= 11 is 1.46. The Hall–Kier alpha value is -4.10. The first-order valence-corrected chi connectivity index (χ1v) is 12.5. The van der Waals surface area contributed by atoms with Crippen LogP contribution < -0.4 is 14.8 Å². The molecule has 5 rings (SSSR count). The first-order chi connectivity index (χ1) is 17.4. The van der Waals surface area contributed by atoms with Gasteiger partial charge in [-0.2, -0.15) is 0 Å². The van der Waals surface area contributed by atoms with Crippen LogP contribution in [-0.4, -0.2) is 24.6 Å². The summed E-state index contributed by atoms with van der Waals surface area (Å²) in [6.07, 6.45) is 3.31. The summed E-state index contributed by atoms with van der Waals surface area (Å²) < 4.78 is 18.2. The van der Waals surface area contributed by atoms with E-state index in [0.717, 1.165) is 49.2 Å². The van der Waals surface area contributed by atoms with E-state index in [0.29, 0.717) is 23.1 Å². The van der Waals surface area contributed by atoms with Gasteiger partial charge in [0.1, 0.15) is 17.1 Å². The number of aryl methyl sites for hydroxylation is 1. The predicted molar refractivity (Wildman–Crippen MR) is 146 cm³/mol. The minimum Gasteiger partial charge on any atom is -0.497 e. The van der Waals surface area contributed by atoms with Crippen molar-refractivity contribution in [2.45, 2.75) is 20.8 Å². The lowest BCUT2D eigenvalue weighted by molar-refractivity contribution is -0.111. The maximum Gasteiger partial charge on any atom is 0.250 e. The highest BCUT2D eigenvalue weighted by molar-refractivity contribution is 7.22. The van der Waals surface area contributed by atoms with E-state index in [1.807, 2.05) is 69.3 Å². The number of ether oxygens (including phenoxy) is 2. The highest BCUT2D eigenvalue weighted by Crippen LogP contribution is 2.38. The molecule has 0 aliphatic carbocycles. The molecular weight excluding hydrogens is 472 g/mol. The maximum atomic E-state index is 12.9. The molecule has 0 saturated carbocycles. The zero-order valence-electron chi connectivity index (χ0n) is 20.5. The number of thiazole rings is 1. The fraction of sp³-hybridized carbons (Fsp3) is 0.172. The van der Waals surface area contributed by atoms with Crippen molar-refractivity contribution in [3.8, 4) is 22.6 Å². The van der Waals surface area contributed by atoms with Gasteiger partial charge < -0.3 is 13.9 Å². The van der Waals surface area contributed by atoms with Crippen molar-refractivity contribution in [1.29, 1.82) is 0 Å². The smallest absolute Gasteiger partial charge is 0.250 e. The number of benzene rings is 3. The Labute approximate surface area is 213 Å². The number of nitrogens with one attached hydrogen (secondary N) is 1. The number of amides is 1. The second kappa shape index (κ2) is 9.87. The summed E-state index contributed by atoms with van der Waals surface area (Å²) in [7, 11) is 1.65. The van der Waals surface area contributed by atoms with E-state index in [1.54, 1.807) is 19.4 Å². The molecule has 0 saturated heterocycles. The summed E-state index contributed by atoms with van der Waals surface area (Å²) in [5.41, 5.74) is 6.25. The first-order valence-electron chi connectivity index (χ1n) is 11.6. The Morgan fingerprint density at radius 3 is 2.83 bits per heavy atom. The van der Waals surface area contributed by atoms with Gasteiger partial charge in [-0.25, -0.2) is 4.98 Å². The third-order valence-electron chi connectivity index (χ3n) is 5.90. The van der Waals surface area contributed by atoms with Gasteiger partial charge in [-0.1, -0.05) is 29.5 Å². The molecule has 7 heteroatoms. The average molecular weight is 499 g/mol. The van der Waals surface area contributed by atoms with E-state index in [4.69, 9.17) is 13.9 Å². The Morgan fingerprint density at radius 1 is 1.17 bits per heavy atom. The van der Waals surface area contributed by atoms with Crippen molar-refractivity contribution in [3.63, 3.8) is 0 Å². The molecule has 0 radical (unpaired) electrons. The zero-order valence-corrected chi connectivity index (χ0v) is 21.4. The fourth-order valence-electron chi connectivity index (χ4n) is 4.15. The van der Waals surface area contributed by atoms with Crippen molar-refractivity contribution >= 4 is 49.1 Å². The van der Waals surface area contributed by atoms with E-state index >= 15 is 0 Å². The molecule has 6 nitrogen and oxygen atoms in total.